The molecule has 0 saturated carbocycles. The van der Waals surface area contributed by atoms with E-state index in [0.29, 0.717) is 19.6 Å². The number of hydrogen-bond acceptors (Lipinski definition) is 3. The van der Waals surface area contributed by atoms with Crippen LogP contribution < -0.4 is 0 Å². The lowest BCUT2D eigenvalue weighted by Crippen LogP contribution is -2.23. The molecule has 0 fully saturated rings. The Labute approximate surface area is 80.4 Å². The lowest BCUT2D eigenvalue weighted by Gasteiger charge is -2.17. The Morgan fingerprint density at radius 2 is 1.92 bits per heavy atom. The summed E-state index contributed by atoms with van der Waals surface area (Å²) in [6.45, 7) is 8.68. The molecular weight excluding hydrogens is 168 g/mol. The summed E-state index contributed by atoms with van der Waals surface area (Å²) in [4.78, 5) is 10.7. The van der Waals surface area contributed by atoms with Crippen molar-refractivity contribution < 1.29 is 14.3 Å². The van der Waals surface area contributed by atoms with Gasteiger partial charge in [-0.25, -0.2) is 0 Å². The quantitative estimate of drug-likeness (QED) is 0.611. The summed E-state index contributed by atoms with van der Waals surface area (Å²) >= 11 is 0. The molecule has 3 heteroatoms. The maximum Gasteiger partial charge on any atom is 0.132 e. The van der Waals surface area contributed by atoms with Crippen LogP contribution in [0.5, 0.6) is 0 Å². The SMILES string of the molecule is CCOCC(C)OC(C)CC(C)=O. The van der Waals surface area contributed by atoms with Crippen molar-refractivity contribution in [2.75, 3.05) is 13.2 Å². The van der Waals surface area contributed by atoms with Crippen molar-refractivity contribution in [2.45, 2.75) is 46.3 Å². The third kappa shape index (κ3) is 7.94. The molecule has 0 aliphatic rings. The fraction of sp³-hybridized carbons (Fsp3) is 0.900. The van der Waals surface area contributed by atoms with Crippen LogP contribution in [-0.4, -0.2) is 31.2 Å². The first-order chi connectivity index (χ1) is 6.06. The maximum atomic E-state index is 10.7. The Morgan fingerprint density at radius 1 is 1.31 bits per heavy atom. The summed E-state index contributed by atoms with van der Waals surface area (Å²) < 4.78 is 10.7. The molecule has 2 unspecified atom stereocenters. The van der Waals surface area contributed by atoms with E-state index >= 15 is 0 Å². The van der Waals surface area contributed by atoms with Crippen molar-refractivity contribution in [1.82, 2.24) is 0 Å². The molecular formula is C10H20O3. The highest BCUT2D eigenvalue weighted by Gasteiger charge is 2.10. The normalized spacial score (nSPS) is 15.4. The molecule has 2 atom stereocenters. The van der Waals surface area contributed by atoms with E-state index in [2.05, 4.69) is 0 Å². The predicted octanol–water partition coefficient (Wildman–Crippen LogP) is 1.80. The lowest BCUT2D eigenvalue weighted by atomic mass is 10.2. The molecule has 0 aromatic carbocycles. The minimum Gasteiger partial charge on any atom is -0.379 e. The monoisotopic (exact) mass is 188 g/mol. The zero-order valence-electron chi connectivity index (χ0n) is 9.00. The number of Topliss-reactive ketones (excluding diaryl/α,β-unsaturated/α-hetero) is 1. The molecule has 0 aromatic rings. The van der Waals surface area contributed by atoms with Gasteiger partial charge in [0.05, 0.1) is 18.8 Å². The topological polar surface area (TPSA) is 35.5 Å². The van der Waals surface area contributed by atoms with Gasteiger partial charge in [-0.3, -0.25) is 4.79 Å². The Hall–Kier alpha value is -0.410. The van der Waals surface area contributed by atoms with Gasteiger partial charge in [0, 0.05) is 13.0 Å². The van der Waals surface area contributed by atoms with Crippen LogP contribution in [0.25, 0.3) is 0 Å². The van der Waals surface area contributed by atoms with Gasteiger partial charge < -0.3 is 9.47 Å². The minimum absolute atomic E-state index is 0.00652. The molecule has 13 heavy (non-hydrogen) atoms. The van der Waals surface area contributed by atoms with Crippen molar-refractivity contribution in [3.63, 3.8) is 0 Å². The van der Waals surface area contributed by atoms with Crippen molar-refractivity contribution in [3.05, 3.63) is 0 Å². The molecule has 0 aliphatic heterocycles. The Kier molecular flexibility index (Phi) is 6.82. The molecule has 0 rings (SSSR count). The van der Waals surface area contributed by atoms with Gasteiger partial charge in [0.15, 0.2) is 0 Å². The molecule has 0 amide bonds. The highest BCUT2D eigenvalue weighted by molar-refractivity contribution is 5.75. The molecule has 0 aliphatic carbocycles. The van der Waals surface area contributed by atoms with Crippen LogP contribution in [0, 0.1) is 0 Å². The van der Waals surface area contributed by atoms with Crippen LogP contribution in [0.2, 0.25) is 0 Å². The second kappa shape index (κ2) is 7.04. The second-order valence-electron chi connectivity index (χ2n) is 3.32. The summed E-state index contributed by atoms with van der Waals surface area (Å²) in [5.74, 6) is 0.163. The average Bonchev–Trinajstić information content (AvgIpc) is 1.98. The summed E-state index contributed by atoms with van der Waals surface area (Å²) in [6, 6.07) is 0. The zero-order chi connectivity index (χ0) is 10.3. The summed E-state index contributed by atoms with van der Waals surface area (Å²) in [5.41, 5.74) is 0. The van der Waals surface area contributed by atoms with Gasteiger partial charge in [-0.1, -0.05) is 0 Å². The van der Waals surface area contributed by atoms with Gasteiger partial charge in [0.1, 0.15) is 5.78 Å². The number of hydrogen-bond donors (Lipinski definition) is 0. The van der Waals surface area contributed by atoms with Crippen molar-refractivity contribution in [3.8, 4) is 0 Å². The van der Waals surface area contributed by atoms with Crippen LogP contribution in [-0.2, 0) is 14.3 Å². The molecule has 0 spiro atoms. The van der Waals surface area contributed by atoms with Crippen molar-refractivity contribution in [1.29, 1.82) is 0 Å². The molecule has 3 nitrogen and oxygen atoms in total. The number of ketones is 1. The van der Waals surface area contributed by atoms with Crippen LogP contribution in [0.1, 0.15) is 34.1 Å². The van der Waals surface area contributed by atoms with Crippen molar-refractivity contribution >= 4 is 5.78 Å². The number of ether oxygens (including phenoxy) is 2. The lowest BCUT2D eigenvalue weighted by molar-refractivity contribution is -0.121. The average molecular weight is 188 g/mol. The van der Waals surface area contributed by atoms with E-state index in [1.54, 1.807) is 6.92 Å². The standard InChI is InChI=1S/C10H20O3/c1-5-12-7-10(4)13-9(3)6-8(2)11/h9-10H,5-7H2,1-4H3. The van der Waals surface area contributed by atoms with Crippen LogP contribution in [0.3, 0.4) is 0 Å². The highest BCUT2D eigenvalue weighted by atomic mass is 16.5. The molecule has 0 bridgehead atoms. The molecule has 0 saturated heterocycles. The van der Waals surface area contributed by atoms with Gasteiger partial charge >= 0.3 is 0 Å². The fourth-order valence-corrected chi connectivity index (χ4v) is 1.17. The van der Waals surface area contributed by atoms with E-state index in [-0.39, 0.29) is 18.0 Å². The maximum absolute atomic E-state index is 10.7. The van der Waals surface area contributed by atoms with Gasteiger partial charge in [-0.15, -0.1) is 0 Å². The van der Waals surface area contributed by atoms with E-state index in [0.717, 1.165) is 0 Å². The van der Waals surface area contributed by atoms with Crippen LogP contribution in [0.4, 0.5) is 0 Å². The second-order valence-corrected chi connectivity index (χ2v) is 3.32. The first-order valence-electron chi connectivity index (χ1n) is 4.78. The van der Waals surface area contributed by atoms with Crippen LogP contribution in [0.15, 0.2) is 0 Å². The molecule has 78 valence electrons. The Bertz CT molecular complexity index is 145. The zero-order valence-corrected chi connectivity index (χ0v) is 9.00. The van der Waals surface area contributed by atoms with E-state index in [1.165, 1.54) is 0 Å². The minimum atomic E-state index is -0.00652. The molecule has 0 N–H and O–H groups in total. The summed E-state index contributed by atoms with van der Waals surface area (Å²) in [5, 5.41) is 0. The van der Waals surface area contributed by atoms with Gasteiger partial charge in [-0.2, -0.15) is 0 Å². The van der Waals surface area contributed by atoms with Crippen LogP contribution >= 0.6 is 0 Å². The summed E-state index contributed by atoms with van der Waals surface area (Å²) in [6.07, 6.45) is 0.540. The third-order valence-corrected chi connectivity index (χ3v) is 1.60. The van der Waals surface area contributed by atoms with Gasteiger partial charge in [0.2, 0.25) is 0 Å². The highest BCUT2D eigenvalue weighted by Crippen LogP contribution is 2.03. The Balaban J connectivity index is 3.52. The summed E-state index contributed by atoms with van der Waals surface area (Å²) in [7, 11) is 0. The Morgan fingerprint density at radius 3 is 2.38 bits per heavy atom. The predicted molar refractivity (Wildman–Crippen MR) is 51.8 cm³/mol. The van der Waals surface area contributed by atoms with E-state index in [1.807, 2.05) is 20.8 Å². The largest absolute Gasteiger partial charge is 0.379 e. The molecule has 0 radical (unpaired) electrons. The molecule has 0 aromatic heterocycles. The van der Waals surface area contributed by atoms with E-state index < -0.39 is 0 Å². The fourth-order valence-electron chi connectivity index (χ4n) is 1.17. The third-order valence-electron chi connectivity index (χ3n) is 1.60. The van der Waals surface area contributed by atoms with E-state index in [9.17, 15) is 4.79 Å². The number of carbonyl (C=O) groups is 1. The van der Waals surface area contributed by atoms with Gasteiger partial charge in [0.25, 0.3) is 0 Å². The smallest absolute Gasteiger partial charge is 0.132 e. The van der Waals surface area contributed by atoms with Crippen molar-refractivity contribution in [2.24, 2.45) is 0 Å². The van der Waals surface area contributed by atoms with E-state index in [4.69, 9.17) is 9.47 Å². The number of carbonyl (C=O) groups excluding carboxylic acids is 1. The first-order valence-corrected chi connectivity index (χ1v) is 4.78. The first kappa shape index (κ1) is 12.6. The van der Waals surface area contributed by atoms with Gasteiger partial charge in [-0.05, 0) is 27.7 Å². The number of rotatable bonds is 7. The molecule has 0 heterocycles.